The van der Waals surface area contributed by atoms with Crippen molar-refractivity contribution < 1.29 is 4.57 Å². The van der Waals surface area contributed by atoms with Crippen LogP contribution in [-0.2, 0) is 0 Å². The maximum atomic E-state index is 3.57. The first-order valence-corrected chi connectivity index (χ1v) is 9.59. The van der Waals surface area contributed by atoms with Crippen molar-refractivity contribution >= 4 is 22.2 Å². The molecule has 0 radical (unpaired) electrons. The minimum atomic E-state index is 1.09. The van der Waals surface area contributed by atoms with Gasteiger partial charge in [-0.25, -0.2) is 5.32 Å². The van der Waals surface area contributed by atoms with Crippen molar-refractivity contribution in [3.8, 4) is 16.9 Å². The number of nitrogens with zero attached hydrogens (tertiary/aromatic N) is 1. The molecule has 0 aliphatic carbocycles. The third-order valence-electron chi connectivity index (χ3n) is 4.42. The van der Waals surface area contributed by atoms with E-state index in [9.17, 15) is 0 Å². The van der Waals surface area contributed by atoms with E-state index in [2.05, 4.69) is 89.8 Å². The quantitative estimate of drug-likeness (QED) is 0.439. The van der Waals surface area contributed by atoms with Crippen LogP contribution in [0, 0.1) is 13.8 Å². The number of thiazole rings is 1. The summed E-state index contributed by atoms with van der Waals surface area (Å²) in [5.74, 6) is 0. The lowest BCUT2D eigenvalue weighted by Crippen LogP contribution is -2.33. The van der Waals surface area contributed by atoms with Gasteiger partial charge in [0, 0.05) is 10.9 Å². The highest BCUT2D eigenvalue weighted by Gasteiger charge is 2.22. The molecule has 3 heteroatoms. The van der Waals surface area contributed by atoms with Crippen LogP contribution in [0.4, 0.5) is 10.8 Å². The summed E-state index contributed by atoms with van der Waals surface area (Å²) in [6.07, 6.45) is 0. The molecule has 0 spiro atoms. The molecule has 0 amide bonds. The summed E-state index contributed by atoms with van der Waals surface area (Å²) in [4.78, 5) is 0. The topological polar surface area (TPSA) is 15.9 Å². The van der Waals surface area contributed by atoms with Gasteiger partial charge in [0.05, 0.1) is 0 Å². The van der Waals surface area contributed by atoms with Crippen LogP contribution in [0.5, 0.6) is 0 Å². The maximum absolute atomic E-state index is 3.57. The van der Waals surface area contributed by atoms with E-state index < -0.39 is 0 Å². The Balaban J connectivity index is 1.87. The van der Waals surface area contributed by atoms with Crippen LogP contribution in [0.2, 0.25) is 0 Å². The maximum Gasteiger partial charge on any atom is 0.344 e. The van der Waals surface area contributed by atoms with E-state index in [1.165, 1.54) is 22.4 Å². The predicted octanol–water partition coefficient (Wildman–Crippen LogP) is 6.05. The highest BCUT2D eigenvalue weighted by Crippen LogP contribution is 2.29. The van der Waals surface area contributed by atoms with Crippen molar-refractivity contribution in [2.24, 2.45) is 0 Å². The van der Waals surface area contributed by atoms with E-state index in [-0.39, 0.29) is 0 Å². The minimum Gasteiger partial charge on any atom is -0.231 e. The molecular weight excluding hydrogens is 336 g/mol. The molecule has 0 unspecified atom stereocenters. The second-order valence-corrected chi connectivity index (χ2v) is 7.26. The third-order valence-corrected chi connectivity index (χ3v) is 5.27. The molecule has 1 N–H and O–H groups in total. The van der Waals surface area contributed by atoms with Crippen molar-refractivity contribution in [2.45, 2.75) is 13.8 Å². The molecular formula is C23H21N2S+. The summed E-state index contributed by atoms with van der Waals surface area (Å²) >= 11 is 1.73. The molecule has 0 bridgehead atoms. The summed E-state index contributed by atoms with van der Waals surface area (Å²) in [7, 11) is 0. The van der Waals surface area contributed by atoms with Gasteiger partial charge in [0.15, 0.2) is 5.69 Å². The molecule has 0 saturated heterocycles. The summed E-state index contributed by atoms with van der Waals surface area (Å²) in [5, 5.41) is 6.90. The summed E-state index contributed by atoms with van der Waals surface area (Å²) in [6, 6.07) is 27.5. The molecule has 3 aromatic carbocycles. The van der Waals surface area contributed by atoms with Gasteiger partial charge < -0.3 is 0 Å². The van der Waals surface area contributed by atoms with Gasteiger partial charge >= 0.3 is 5.13 Å². The molecule has 4 rings (SSSR count). The monoisotopic (exact) mass is 357 g/mol. The van der Waals surface area contributed by atoms with Gasteiger partial charge in [-0.15, -0.1) is 0 Å². The summed E-state index contributed by atoms with van der Waals surface area (Å²) in [6.45, 7) is 4.32. The molecule has 0 aliphatic rings. The molecule has 2 nitrogen and oxygen atoms in total. The molecule has 0 atom stereocenters. The number of hydrogen-bond donors (Lipinski definition) is 1. The van der Waals surface area contributed by atoms with Gasteiger partial charge in [0.1, 0.15) is 11.4 Å². The Morgan fingerprint density at radius 2 is 1.50 bits per heavy atom. The zero-order chi connectivity index (χ0) is 17.9. The lowest BCUT2D eigenvalue weighted by atomic mass is 10.0. The average molecular weight is 358 g/mol. The van der Waals surface area contributed by atoms with Gasteiger partial charge in [-0.1, -0.05) is 71.5 Å². The number of para-hydroxylation sites is 2. The fraction of sp³-hybridized carbons (Fsp3) is 0.0870. The first-order chi connectivity index (χ1) is 12.7. The highest BCUT2D eigenvalue weighted by atomic mass is 32.1. The molecule has 0 aliphatic heterocycles. The Kier molecular flexibility index (Phi) is 4.55. The molecule has 0 saturated carbocycles. The molecule has 4 aromatic rings. The van der Waals surface area contributed by atoms with Gasteiger partial charge in [-0.05, 0) is 43.7 Å². The number of anilines is 2. The molecule has 1 heterocycles. The largest absolute Gasteiger partial charge is 0.344 e. The lowest BCUT2D eigenvalue weighted by molar-refractivity contribution is -0.563. The van der Waals surface area contributed by atoms with Crippen LogP contribution in [0.3, 0.4) is 0 Å². The van der Waals surface area contributed by atoms with Gasteiger partial charge in [0.25, 0.3) is 0 Å². The standard InChI is InChI=1S/C23H20N2S/c1-17-13-14-21(18(2)15-17)22-16-26-23(24-19-9-5-3-6-10-19)25(22)20-11-7-4-8-12-20/h3-16H,1-2H3/p+1. The second kappa shape index (κ2) is 7.14. The smallest absolute Gasteiger partial charge is 0.231 e. The van der Waals surface area contributed by atoms with Crippen LogP contribution in [0.1, 0.15) is 11.1 Å². The number of hydrogen-bond acceptors (Lipinski definition) is 2. The Morgan fingerprint density at radius 1 is 0.808 bits per heavy atom. The van der Waals surface area contributed by atoms with E-state index in [4.69, 9.17) is 0 Å². The van der Waals surface area contributed by atoms with E-state index in [0.717, 1.165) is 16.5 Å². The number of aromatic nitrogens is 1. The number of aryl methyl sites for hydroxylation is 2. The van der Waals surface area contributed by atoms with Crippen molar-refractivity contribution in [2.75, 3.05) is 5.32 Å². The zero-order valence-corrected chi connectivity index (χ0v) is 15.8. The molecule has 26 heavy (non-hydrogen) atoms. The average Bonchev–Trinajstić information content (AvgIpc) is 3.06. The van der Waals surface area contributed by atoms with Crippen molar-refractivity contribution in [1.29, 1.82) is 0 Å². The van der Waals surface area contributed by atoms with Crippen LogP contribution in [0.15, 0.2) is 84.2 Å². The Bertz CT molecular complexity index is 1020. The fourth-order valence-electron chi connectivity index (χ4n) is 3.18. The summed E-state index contributed by atoms with van der Waals surface area (Å²) in [5.41, 5.74) is 7.29. The van der Waals surface area contributed by atoms with Crippen LogP contribution in [0.25, 0.3) is 16.9 Å². The van der Waals surface area contributed by atoms with E-state index >= 15 is 0 Å². The molecule has 0 fully saturated rings. The molecule has 1 aromatic heterocycles. The second-order valence-electron chi connectivity index (χ2n) is 6.41. The third kappa shape index (κ3) is 3.26. The number of rotatable bonds is 4. The van der Waals surface area contributed by atoms with Crippen LogP contribution in [-0.4, -0.2) is 0 Å². The predicted molar refractivity (Wildman–Crippen MR) is 110 cm³/mol. The Hall–Kier alpha value is -2.91. The van der Waals surface area contributed by atoms with E-state index in [0.29, 0.717) is 0 Å². The highest BCUT2D eigenvalue weighted by molar-refractivity contribution is 7.13. The Labute approximate surface area is 158 Å². The number of benzene rings is 3. The zero-order valence-electron chi connectivity index (χ0n) is 14.9. The van der Waals surface area contributed by atoms with Crippen LogP contribution >= 0.6 is 11.3 Å². The molecule has 128 valence electrons. The van der Waals surface area contributed by atoms with Gasteiger partial charge in [-0.3, -0.25) is 0 Å². The van der Waals surface area contributed by atoms with Gasteiger partial charge in [0.2, 0.25) is 0 Å². The summed E-state index contributed by atoms with van der Waals surface area (Å²) < 4.78 is 2.30. The SMILES string of the molecule is Cc1ccc(-c2csc(Nc3ccccc3)[n+]2-c2ccccc2)c(C)c1. The first-order valence-electron chi connectivity index (χ1n) is 8.71. The van der Waals surface area contributed by atoms with Crippen molar-refractivity contribution in [1.82, 2.24) is 0 Å². The number of nitrogens with one attached hydrogen (secondary N) is 1. The minimum absolute atomic E-state index is 1.09. The van der Waals surface area contributed by atoms with E-state index in [1.807, 2.05) is 18.2 Å². The van der Waals surface area contributed by atoms with Gasteiger partial charge in [-0.2, -0.15) is 4.57 Å². The lowest BCUT2D eigenvalue weighted by Gasteiger charge is -2.09. The Morgan fingerprint density at radius 3 is 2.19 bits per heavy atom. The first kappa shape index (κ1) is 16.6. The van der Waals surface area contributed by atoms with Crippen molar-refractivity contribution in [3.05, 3.63) is 95.4 Å². The normalized spacial score (nSPS) is 10.7. The van der Waals surface area contributed by atoms with Crippen LogP contribution < -0.4 is 9.88 Å². The fourth-order valence-corrected chi connectivity index (χ4v) is 4.12. The van der Waals surface area contributed by atoms with E-state index in [1.54, 1.807) is 11.3 Å². The van der Waals surface area contributed by atoms with Crippen molar-refractivity contribution in [3.63, 3.8) is 0 Å².